The molecule has 2 aliphatic rings. The molecule has 1 saturated carbocycles. The zero-order chi connectivity index (χ0) is 21.1. The van der Waals surface area contributed by atoms with Crippen molar-refractivity contribution in [1.29, 1.82) is 0 Å². The van der Waals surface area contributed by atoms with Crippen LogP contribution in [0, 0.1) is 12.8 Å². The van der Waals surface area contributed by atoms with Crippen LogP contribution >= 0.6 is 15.9 Å². The zero-order valence-corrected chi connectivity index (χ0v) is 19.7. The molecule has 3 nitrogen and oxygen atoms in total. The average Bonchev–Trinajstić information content (AvgIpc) is 3.55. The molecule has 2 unspecified atom stereocenters. The first-order valence-corrected chi connectivity index (χ1v) is 12.2. The Labute approximate surface area is 189 Å². The normalized spacial score (nSPS) is 22.1. The van der Waals surface area contributed by atoms with Crippen molar-refractivity contribution in [1.82, 2.24) is 10.2 Å². The van der Waals surface area contributed by atoms with E-state index in [2.05, 4.69) is 64.3 Å². The number of amides is 1. The molecule has 0 spiro atoms. The van der Waals surface area contributed by atoms with Gasteiger partial charge in [-0.25, -0.2) is 0 Å². The molecule has 1 saturated heterocycles. The molecule has 2 aromatic rings. The molecule has 1 N–H and O–H groups in total. The highest BCUT2D eigenvalue weighted by molar-refractivity contribution is 9.10. The van der Waals surface area contributed by atoms with Crippen LogP contribution in [0.5, 0.6) is 0 Å². The minimum absolute atomic E-state index is 0.0348. The van der Waals surface area contributed by atoms with Crippen LogP contribution < -0.4 is 5.32 Å². The smallest absolute Gasteiger partial charge is 0.251 e. The van der Waals surface area contributed by atoms with Crippen LogP contribution in [0.4, 0.5) is 0 Å². The molecule has 2 aromatic carbocycles. The molecular formula is C26H33BrN2O. The zero-order valence-electron chi connectivity index (χ0n) is 18.2. The van der Waals surface area contributed by atoms with Crippen molar-refractivity contribution in [3.8, 4) is 0 Å². The van der Waals surface area contributed by atoms with Crippen molar-refractivity contribution in [2.75, 3.05) is 19.6 Å². The van der Waals surface area contributed by atoms with Crippen LogP contribution in [-0.4, -0.2) is 36.5 Å². The van der Waals surface area contributed by atoms with Crippen LogP contribution in [0.15, 0.2) is 46.9 Å². The van der Waals surface area contributed by atoms with E-state index in [4.69, 9.17) is 0 Å². The molecule has 0 aromatic heterocycles. The van der Waals surface area contributed by atoms with Gasteiger partial charge >= 0.3 is 0 Å². The van der Waals surface area contributed by atoms with Gasteiger partial charge in [-0.3, -0.25) is 4.79 Å². The Morgan fingerprint density at radius 2 is 1.90 bits per heavy atom. The number of rotatable bonds is 7. The first-order valence-electron chi connectivity index (χ1n) is 11.4. The molecule has 0 radical (unpaired) electrons. The topological polar surface area (TPSA) is 32.3 Å². The molecule has 4 rings (SSSR count). The lowest BCUT2D eigenvalue weighted by atomic mass is 9.83. The fraction of sp³-hybridized carbons (Fsp3) is 0.500. The van der Waals surface area contributed by atoms with E-state index in [9.17, 15) is 4.79 Å². The monoisotopic (exact) mass is 468 g/mol. The summed E-state index contributed by atoms with van der Waals surface area (Å²) in [5.41, 5.74) is 4.71. The van der Waals surface area contributed by atoms with Crippen molar-refractivity contribution in [2.45, 2.75) is 57.9 Å². The molecule has 2 fully saturated rings. The first kappa shape index (κ1) is 21.6. The Kier molecular flexibility index (Phi) is 6.94. The second-order valence-electron chi connectivity index (χ2n) is 9.21. The molecule has 1 heterocycles. The molecule has 1 aliphatic carbocycles. The highest BCUT2D eigenvalue weighted by atomic mass is 79.9. The molecular weight excluding hydrogens is 436 g/mol. The maximum absolute atomic E-state index is 12.8. The quantitative estimate of drug-likeness (QED) is 0.564. The molecule has 1 amide bonds. The van der Waals surface area contributed by atoms with Gasteiger partial charge in [0.15, 0.2) is 0 Å². The predicted octanol–water partition coefficient (Wildman–Crippen LogP) is 5.71. The molecule has 30 heavy (non-hydrogen) atoms. The number of piperidine rings is 1. The fourth-order valence-corrected chi connectivity index (χ4v) is 4.97. The Balaban J connectivity index is 1.35. The van der Waals surface area contributed by atoms with Gasteiger partial charge in [0.25, 0.3) is 5.91 Å². The van der Waals surface area contributed by atoms with Crippen molar-refractivity contribution < 1.29 is 4.79 Å². The van der Waals surface area contributed by atoms with Gasteiger partial charge in [-0.2, -0.15) is 0 Å². The van der Waals surface area contributed by atoms with Gasteiger partial charge in [0, 0.05) is 29.2 Å². The van der Waals surface area contributed by atoms with Crippen molar-refractivity contribution in [3.63, 3.8) is 0 Å². The molecule has 1 aliphatic heterocycles. The largest absolute Gasteiger partial charge is 0.352 e. The van der Waals surface area contributed by atoms with Gasteiger partial charge in [-0.05, 0) is 105 Å². The second kappa shape index (κ2) is 9.65. The lowest BCUT2D eigenvalue weighted by molar-refractivity contribution is 0.0954. The Morgan fingerprint density at radius 1 is 1.13 bits per heavy atom. The lowest BCUT2D eigenvalue weighted by Gasteiger charge is -2.38. The summed E-state index contributed by atoms with van der Waals surface area (Å²) >= 11 is 3.46. The third-order valence-corrected chi connectivity index (χ3v) is 7.33. The summed E-state index contributed by atoms with van der Waals surface area (Å²) < 4.78 is 1.08. The predicted molar refractivity (Wildman–Crippen MR) is 127 cm³/mol. The number of nitrogens with one attached hydrogen (secondary N) is 1. The first-order chi connectivity index (χ1) is 14.5. The number of carbonyl (C=O) groups excluding carboxylic acids is 1. The number of hydrogen-bond acceptors (Lipinski definition) is 2. The van der Waals surface area contributed by atoms with E-state index in [-0.39, 0.29) is 5.91 Å². The van der Waals surface area contributed by atoms with Crippen LogP contribution in [0.25, 0.3) is 0 Å². The third kappa shape index (κ3) is 5.53. The average molecular weight is 469 g/mol. The highest BCUT2D eigenvalue weighted by Crippen LogP contribution is 2.37. The summed E-state index contributed by atoms with van der Waals surface area (Å²) in [5, 5.41) is 3.10. The van der Waals surface area contributed by atoms with Gasteiger partial charge in [0.05, 0.1) is 0 Å². The standard InChI is InChI=1S/C26H33BrN2O/c1-18-3-8-23(26(30)28-13-11-20-6-9-24(27)10-7-20)16-25(18)22-12-14-29(19(2)15-22)17-21-4-5-21/h3,6-10,16,19,21-22H,4-5,11-15,17H2,1-2H3,(H,28,30). The van der Waals surface area contributed by atoms with E-state index < -0.39 is 0 Å². The van der Waals surface area contributed by atoms with Crippen LogP contribution in [-0.2, 0) is 6.42 Å². The van der Waals surface area contributed by atoms with Gasteiger partial charge in [0.1, 0.15) is 0 Å². The number of hydrogen-bond donors (Lipinski definition) is 1. The van der Waals surface area contributed by atoms with Gasteiger partial charge in [-0.15, -0.1) is 0 Å². The van der Waals surface area contributed by atoms with E-state index in [0.717, 1.165) is 22.4 Å². The molecule has 0 bridgehead atoms. The van der Waals surface area contributed by atoms with Gasteiger partial charge in [0.2, 0.25) is 0 Å². The Hall–Kier alpha value is -1.65. The number of carbonyl (C=O) groups is 1. The van der Waals surface area contributed by atoms with Crippen LogP contribution in [0.3, 0.4) is 0 Å². The molecule has 4 heteroatoms. The van der Waals surface area contributed by atoms with E-state index in [1.54, 1.807) is 0 Å². The molecule has 2 atom stereocenters. The summed E-state index contributed by atoms with van der Waals surface area (Å²) in [6.45, 7) is 7.69. The fourth-order valence-electron chi connectivity index (χ4n) is 4.70. The maximum Gasteiger partial charge on any atom is 0.251 e. The lowest BCUT2D eigenvalue weighted by Crippen LogP contribution is -2.41. The maximum atomic E-state index is 12.8. The third-order valence-electron chi connectivity index (χ3n) is 6.80. The number of nitrogens with zero attached hydrogens (tertiary/aromatic N) is 1. The van der Waals surface area contributed by atoms with Crippen LogP contribution in [0.1, 0.15) is 65.6 Å². The summed E-state index contributed by atoms with van der Waals surface area (Å²) in [7, 11) is 0. The van der Waals surface area contributed by atoms with Gasteiger partial charge in [-0.1, -0.05) is 34.1 Å². The Bertz CT molecular complexity index is 875. The number of aryl methyl sites for hydroxylation is 1. The number of halogens is 1. The van der Waals surface area contributed by atoms with Gasteiger partial charge < -0.3 is 10.2 Å². The minimum Gasteiger partial charge on any atom is -0.352 e. The van der Waals surface area contributed by atoms with E-state index >= 15 is 0 Å². The molecule has 160 valence electrons. The SMILES string of the molecule is Cc1ccc(C(=O)NCCc2ccc(Br)cc2)cc1C1CCN(CC2CC2)C(C)C1. The van der Waals surface area contributed by atoms with Crippen molar-refractivity contribution in [2.24, 2.45) is 5.92 Å². The number of benzene rings is 2. The second-order valence-corrected chi connectivity index (χ2v) is 10.1. The summed E-state index contributed by atoms with van der Waals surface area (Å²) in [6, 6.07) is 15.2. The highest BCUT2D eigenvalue weighted by Gasteiger charge is 2.31. The summed E-state index contributed by atoms with van der Waals surface area (Å²) in [6.07, 6.45) is 6.08. The number of likely N-dealkylation sites (tertiary alicyclic amines) is 1. The van der Waals surface area contributed by atoms with E-state index in [0.29, 0.717) is 18.5 Å². The van der Waals surface area contributed by atoms with E-state index in [1.807, 2.05) is 18.2 Å². The van der Waals surface area contributed by atoms with Crippen molar-refractivity contribution >= 4 is 21.8 Å². The Morgan fingerprint density at radius 3 is 2.60 bits per heavy atom. The summed E-state index contributed by atoms with van der Waals surface area (Å²) in [4.78, 5) is 15.4. The van der Waals surface area contributed by atoms with E-state index in [1.165, 1.54) is 55.5 Å². The minimum atomic E-state index is 0.0348. The van der Waals surface area contributed by atoms with Crippen molar-refractivity contribution in [3.05, 3.63) is 69.2 Å². The summed E-state index contributed by atoms with van der Waals surface area (Å²) in [5.74, 6) is 1.55. The van der Waals surface area contributed by atoms with Crippen LogP contribution in [0.2, 0.25) is 0 Å².